The van der Waals surface area contributed by atoms with Crippen LogP contribution < -0.4 is 26.7 Å². The van der Waals surface area contributed by atoms with Gasteiger partial charge in [-0.3, -0.25) is 9.59 Å². The van der Waals surface area contributed by atoms with E-state index in [9.17, 15) is 9.59 Å². The minimum atomic E-state index is -0.212. The van der Waals surface area contributed by atoms with Gasteiger partial charge in [0.1, 0.15) is 10.7 Å². The normalized spacial score (nSPS) is 12.4. The lowest BCUT2D eigenvalue weighted by Crippen LogP contribution is -2.56. The first-order chi connectivity index (χ1) is 12.9. The lowest BCUT2D eigenvalue weighted by Gasteiger charge is -2.12. The smallest absolute Gasteiger partial charge is 0.274 e. The zero-order chi connectivity index (χ0) is 19.6. The van der Waals surface area contributed by atoms with Gasteiger partial charge in [0.25, 0.3) is 11.1 Å². The van der Waals surface area contributed by atoms with Crippen molar-refractivity contribution in [3.8, 4) is 0 Å². The van der Waals surface area contributed by atoms with Crippen LogP contribution in [0.1, 0.15) is 11.1 Å². The SMILES string of the molecule is CN(C)c1ccc(C=c2c(=O)n(C)c(=Cc3ccccc3)c(=O)n2C)cc1. The van der Waals surface area contributed by atoms with Crippen LogP contribution in [-0.2, 0) is 14.1 Å². The number of nitrogens with zero attached hydrogens (tertiary/aromatic N) is 3. The third-order valence-electron chi connectivity index (χ3n) is 4.59. The van der Waals surface area contributed by atoms with Gasteiger partial charge in [-0.05, 0) is 35.4 Å². The summed E-state index contributed by atoms with van der Waals surface area (Å²) in [5.41, 5.74) is 2.39. The van der Waals surface area contributed by atoms with Gasteiger partial charge >= 0.3 is 0 Å². The Balaban J connectivity index is 2.21. The zero-order valence-electron chi connectivity index (χ0n) is 16.0. The highest BCUT2D eigenvalue weighted by Gasteiger charge is 2.06. The van der Waals surface area contributed by atoms with Crippen molar-refractivity contribution in [3.63, 3.8) is 0 Å². The van der Waals surface area contributed by atoms with E-state index in [1.165, 1.54) is 9.13 Å². The molecule has 0 aliphatic carbocycles. The topological polar surface area (TPSA) is 47.2 Å². The summed E-state index contributed by atoms with van der Waals surface area (Å²) in [5.74, 6) is 0. The van der Waals surface area contributed by atoms with Crippen LogP contribution in [0.5, 0.6) is 0 Å². The second kappa shape index (κ2) is 7.50. The van der Waals surface area contributed by atoms with Crippen LogP contribution in [0.25, 0.3) is 12.2 Å². The highest BCUT2D eigenvalue weighted by atomic mass is 16.1. The molecule has 0 radical (unpaired) electrons. The third-order valence-corrected chi connectivity index (χ3v) is 4.59. The van der Waals surface area contributed by atoms with Gasteiger partial charge in [0.15, 0.2) is 0 Å². The Morgan fingerprint density at radius 3 is 1.59 bits per heavy atom. The number of rotatable bonds is 3. The van der Waals surface area contributed by atoms with Crippen molar-refractivity contribution in [2.75, 3.05) is 19.0 Å². The van der Waals surface area contributed by atoms with Crippen LogP contribution in [0.15, 0.2) is 64.2 Å². The van der Waals surface area contributed by atoms with Crippen molar-refractivity contribution in [2.45, 2.75) is 0 Å². The molecule has 1 heterocycles. The maximum absolute atomic E-state index is 12.9. The van der Waals surface area contributed by atoms with E-state index in [1.54, 1.807) is 26.2 Å². The van der Waals surface area contributed by atoms with Crippen LogP contribution in [0.3, 0.4) is 0 Å². The molecule has 0 saturated heterocycles. The Morgan fingerprint density at radius 2 is 1.15 bits per heavy atom. The largest absolute Gasteiger partial charge is 0.378 e. The first-order valence-electron chi connectivity index (χ1n) is 8.70. The molecule has 0 amide bonds. The van der Waals surface area contributed by atoms with Crippen molar-refractivity contribution in [1.29, 1.82) is 0 Å². The minimum absolute atomic E-state index is 0.211. The Morgan fingerprint density at radius 1 is 0.704 bits per heavy atom. The van der Waals surface area contributed by atoms with Crippen molar-refractivity contribution < 1.29 is 0 Å². The maximum Gasteiger partial charge on any atom is 0.274 e. The van der Waals surface area contributed by atoms with E-state index in [-0.39, 0.29) is 11.1 Å². The molecule has 2 aromatic carbocycles. The highest BCUT2D eigenvalue weighted by Crippen LogP contribution is 2.12. The maximum atomic E-state index is 12.9. The number of anilines is 1. The molecule has 0 aliphatic rings. The van der Waals surface area contributed by atoms with Crippen LogP contribution in [-0.4, -0.2) is 23.2 Å². The monoisotopic (exact) mass is 361 g/mol. The van der Waals surface area contributed by atoms with E-state index in [1.807, 2.05) is 73.6 Å². The van der Waals surface area contributed by atoms with Gasteiger partial charge in [-0.1, -0.05) is 42.5 Å². The molecule has 5 nitrogen and oxygen atoms in total. The summed E-state index contributed by atoms with van der Waals surface area (Å²) in [4.78, 5) is 27.7. The molecular weight excluding hydrogens is 338 g/mol. The quantitative estimate of drug-likeness (QED) is 0.694. The predicted octanol–water partition coefficient (Wildman–Crippen LogP) is 0.808. The Hall–Kier alpha value is -3.34. The summed E-state index contributed by atoms with van der Waals surface area (Å²) in [6.07, 6.45) is 3.48. The molecule has 0 bridgehead atoms. The molecule has 0 unspecified atom stereocenters. The van der Waals surface area contributed by atoms with Gasteiger partial charge in [-0.2, -0.15) is 0 Å². The third kappa shape index (κ3) is 3.77. The minimum Gasteiger partial charge on any atom is -0.378 e. The fourth-order valence-corrected chi connectivity index (χ4v) is 2.90. The van der Waals surface area contributed by atoms with E-state index in [0.29, 0.717) is 10.7 Å². The molecule has 1 aromatic heterocycles. The molecule has 0 aliphatic heterocycles. The van der Waals surface area contributed by atoms with Crippen LogP contribution in [0.2, 0.25) is 0 Å². The summed E-state index contributed by atoms with van der Waals surface area (Å²) >= 11 is 0. The van der Waals surface area contributed by atoms with Crippen molar-refractivity contribution >= 4 is 17.8 Å². The molecule has 0 N–H and O–H groups in total. The number of benzene rings is 2. The van der Waals surface area contributed by atoms with Crippen molar-refractivity contribution in [3.05, 3.63) is 97.1 Å². The summed E-state index contributed by atoms with van der Waals surface area (Å²) in [6, 6.07) is 17.3. The molecule has 5 heteroatoms. The second-order valence-electron chi connectivity index (χ2n) is 6.68. The van der Waals surface area contributed by atoms with E-state index < -0.39 is 0 Å². The Bertz CT molecular complexity index is 1190. The van der Waals surface area contributed by atoms with E-state index in [4.69, 9.17) is 0 Å². The lowest BCUT2D eigenvalue weighted by atomic mass is 10.2. The lowest BCUT2D eigenvalue weighted by molar-refractivity contribution is 0.696. The molecule has 3 aromatic rings. The molecule has 0 atom stereocenters. The molecule has 0 saturated carbocycles. The number of hydrogen-bond donors (Lipinski definition) is 0. The van der Waals surface area contributed by atoms with Crippen molar-refractivity contribution in [2.24, 2.45) is 14.1 Å². The molecule has 0 fully saturated rings. The Kier molecular flexibility index (Phi) is 5.12. The first kappa shape index (κ1) is 18.5. The summed E-state index contributed by atoms with van der Waals surface area (Å²) in [7, 11) is 7.21. The predicted molar refractivity (Wildman–Crippen MR) is 111 cm³/mol. The summed E-state index contributed by atoms with van der Waals surface area (Å²) in [5, 5.41) is 0.708. The van der Waals surface area contributed by atoms with E-state index in [0.717, 1.165) is 16.8 Å². The molecule has 27 heavy (non-hydrogen) atoms. The Labute approximate surface area is 157 Å². The number of hydrogen-bond acceptors (Lipinski definition) is 3. The molecule has 138 valence electrons. The fraction of sp³-hybridized carbons (Fsp3) is 0.182. The van der Waals surface area contributed by atoms with Gasteiger partial charge in [-0.25, -0.2) is 0 Å². The van der Waals surface area contributed by atoms with Gasteiger partial charge < -0.3 is 14.0 Å². The molecule has 3 rings (SSSR count). The average Bonchev–Trinajstić information content (AvgIpc) is 2.68. The van der Waals surface area contributed by atoms with Gasteiger partial charge in [0.2, 0.25) is 0 Å². The molecular formula is C22H23N3O2. The second-order valence-corrected chi connectivity index (χ2v) is 6.68. The highest BCUT2D eigenvalue weighted by molar-refractivity contribution is 5.55. The van der Waals surface area contributed by atoms with Crippen LogP contribution in [0, 0.1) is 0 Å². The summed E-state index contributed by atoms with van der Waals surface area (Å²) < 4.78 is 2.83. The van der Waals surface area contributed by atoms with Gasteiger partial charge in [-0.15, -0.1) is 0 Å². The standard InChI is InChI=1S/C22H23N3O2/c1-23(2)18-12-10-17(11-13-18)15-20-22(27)24(3)19(21(26)25(20)4)14-16-8-6-5-7-9-16/h5-15H,1-4H3. The van der Waals surface area contributed by atoms with Gasteiger partial charge in [0.05, 0.1) is 0 Å². The van der Waals surface area contributed by atoms with E-state index >= 15 is 0 Å². The van der Waals surface area contributed by atoms with Gasteiger partial charge in [0, 0.05) is 33.9 Å². The van der Waals surface area contributed by atoms with E-state index in [2.05, 4.69) is 0 Å². The van der Waals surface area contributed by atoms with Crippen molar-refractivity contribution in [1.82, 2.24) is 9.13 Å². The summed E-state index contributed by atoms with van der Waals surface area (Å²) in [6.45, 7) is 0. The van der Waals surface area contributed by atoms with Crippen LogP contribution >= 0.6 is 0 Å². The fourth-order valence-electron chi connectivity index (χ4n) is 2.90. The number of aromatic nitrogens is 2. The molecule has 0 spiro atoms. The van der Waals surface area contributed by atoms with Crippen LogP contribution in [0.4, 0.5) is 5.69 Å². The average molecular weight is 361 g/mol. The first-order valence-corrected chi connectivity index (χ1v) is 8.70. The zero-order valence-corrected chi connectivity index (χ0v) is 16.0.